The van der Waals surface area contributed by atoms with Crippen LogP contribution in [0.4, 0.5) is 18.9 Å². The minimum Gasteiger partial charge on any atom is -0.469 e. The lowest BCUT2D eigenvalue weighted by atomic mass is 9.87. The van der Waals surface area contributed by atoms with E-state index in [2.05, 4.69) is 5.32 Å². The topological polar surface area (TPSA) is 89.9 Å². The first-order valence-electron chi connectivity index (χ1n) is 14.3. The molecule has 0 spiro atoms. The summed E-state index contributed by atoms with van der Waals surface area (Å²) in [4.78, 5) is 39.7. The van der Waals surface area contributed by atoms with E-state index in [0.717, 1.165) is 6.07 Å². The number of rotatable bonds is 9. The summed E-state index contributed by atoms with van der Waals surface area (Å²) < 4.78 is 58.6. The number of aryl methyl sites for hydroxylation is 1. The standard InChI is InChI=1S/C31H33ClF3N3O5/c1-37-17-21(28-23(33)6-5-7-26(28)37)29(40)36-25-16-24(34)19(14-22(25)32)15-27(39)31(35,38-12-3-4-13-38)43-20-10-8-18(9-11-20)30(41)42-2/h5-7,14,16-18,20H,3-4,8-13,15H2,1-2H3,(H,36,40). The maximum absolute atomic E-state index is 16.5. The van der Waals surface area contributed by atoms with Crippen molar-refractivity contribution in [3.63, 3.8) is 0 Å². The molecule has 1 amide bonds. The van der Waals surface area contributed by atoms with Gasteiger partial charge in [0.2, 0.25) is 5.78 Å². The number of amides is 1. The number of aromatic nitrogens is 1. The van der Waals surface area contributed by atoms with Gasteiger partial charge in [-0.05, 0) is 68.4 Å². The monoisotopic (exact) mass is 619 g/mol. The fourth-order valence-corrected chi connectivity index (χ4v) is 6.22. The van der Waals surface area contributed by atoms with Gasteiger partial charge in [0, 0.05) is 38.1 Å². The molecule has 43 heavy (non-hydrogen) atoms. The zero-order chi connectivity index (χ0) is 30.9. The van der Waals surface area contributed by atoms with Crippen molar-refractivity contribution in [1.29, 1.82) is 0 Å². The highest BCUT2D eigenvalue weighted by Gasteiger charge is 2.49. The predicted octanol–water partition coefficient (Wildman–Crippen LogP) is 5.94. The number of nitrogens with zero attached hydrogens (tertiary/aromatic N) is 2. The Morgan fingerprint density at radius 1 is 1.07 bits per heavy atom. The van der Waals surface area contributed by atoms with E-state index < -0.39 is 41.8 Å². The number of benzene rings is 2. The summed E-state index contributed by atoms with van der Waals surface area (Å²) in [5.41, 5.74) is 0.293. The number of anilines is 1. The van der Waals surface area contributed by atoms with Crippen molar-refractivity contribution < 1.29 is 37.0 Å². The van der Waals surface area contributed by atoms with Gasteiger partial charge in [0.1, 0.15) is 11.6 Å². The normalized spacial score (nSPS) is 20.6. The molecule has 1 N–H and O–H groups in total. The first-order valence-corrected chi connectivity index (χ1v) is 14.6. The van der Waals surface area contributed by atoms with Crippen molar-refractivity contribution in [3.05, 3.63) is 64.3 Å². The molecule has 1 aliphatic heterocycles. The number of hydrogen-bond donors (Lipinski definition) is 1. The molecule has 0 bridgehead atoms. The van der Waals surface area contributed by atoms with E-state index in [0.29, 0.717) is 57.1 Å². The maximum atomic E-state index is 16.5. The molecular formula is C31H33ClF3N3O5. The number of ether oxygens (including phenoxy) is 2. The van der Waals surface area contributed by atoms with Crippen molar-refractivity contribution in [2.24, 2.45) is 13.0 Å². The number of ketones is 1. The molecule has 1 unspecified atom stereocenters. The largest absolute Gasteiger partial charge is 0.469 e. The maximum Gasteiger partial charge on any atom is 0.330 e. The Kier molecular flexibility index (Phi) is 9.15. The average Bonchev–Trinajstić information content (AvgIpc) is 3.65. The second kappa shape index (κ2) is 12.7. The van der Waals surface area contributed by atoms with Crippen molar-refractivity contribution in [1.82, 2.24) is 9.47 Å². The van der Waals surface area contributed by atoms with Crippen molar-refractivity contribution in [2.45, 2.75) is 57.0 Å². The van der Waals surface area contributed by atoms with Gasteiger partial charge in [0.25, 0.3) is 5.91 Å². The lowest BCUT2D eigenvalue weighted by Crippen LogP contribution is -2.54. The van der Waals surface area contributed by atoms with E-state index in [1.165, 1.54) is 36.4 Å². The van der Waals surface area contributed by atoms with Crippen LogP contribution in [-0.2, 0) is 32.5 Å². The van der Waals surface area contributed by atoms with Crippen LogP contribution in [0.15, 0.2) is 36.5 Å². The number of carbonyl (C=O) groups excluding carboxylic acids is 3. The van der Waals surface area contributed by atoms with E-state index in [1.807, 2.05) is 0 Å². The van der Waals surface area contributed by atoms with Crippen LogP contribution in [0.2, 0.25) is 5.02 Å². The van der Waals surface area contributed by atoms with Gasteiger partial charge in [0.05, 0.1) is 40.9 Å². The van der Waals surface area contributed by atoms with Gasteiger partial charge in [-0.3, -0.25) is 14.4 Å². The molecule has 8 nitrogen and oxygen atoms in total. The van der Waals surface area contributed by atoms with Crippen LogP contribution >= 0.6 is 11.6 Å². The molecule has 1 saturated heterocycles. The number of methoxy groups -OCH3 is 1. The molecule has 2 fully saturated rings. The number of alkyl halides is 1. The summed E-state index contributed by atoms with van der Waals surface area (Å²) in [6, 6.07) is 6.55. The molecule has 1 aliphatic carbocycles. The van der Waals surface area contributed by atoms with Gasteiger partial charge in [-0.15, -0.1) is 0 Å². The number of Topliss-reactive ketones (excluding diaryl/α,β-unsaturated/α-hetero) is 1. The minimum absolute atomic E-state index is 0.0388. The van der Waals surface area contributed by atoms with Crippen LogP contribution in [0.3, 0.4) is 0 Å². The van der Waals surface area contributed by atoms with Gasteiger partial charge in [-0.25, -0.2) is 13.7 Å². The number of likely N-dealkylation sites (tertiary alicyclic amines) is 1. The third-order valence-corrected chi connectivity index (χ3v) is 8.64. The third-order valence-electron chi connectivity index (χ3n) is 8.33. The molecule has 0 radical (unpaired) electrons. The quantitative estimate of drug-likeness (QED) is 0.236. The zero-order valence-corrected chi connectivity index (χ0v) is 24.7. The predicted molar refractivity (Wildman–Crippen MR) is 154 cm³/mol. The Labute approximate surface area is 252 Å². The van der Waals surface area contributed by atoms with Crippen molar-refractivity contribution in [2.75, 3.05) is 25.5 Å². The van der Waals surface area contributed by atoms with Crippen LogP contribution in [0.25, 0.3) is 10.9 Å². The smallest absolute Gasteiger partial charge is 0.330 e. The highest BCUT2D eigenvalue weighted by molar-refractivity contribution is 6.34. The molecule has 1 saturated carbocycles. The van der Waals surface area contributed by atoms with Crippen LogP contribution < -0.4 is 5.32 Å². The molecular weight excluding hydrogens is 587 g/mol. The Balaban J connectivity index is 1.32. The second-order valence-corrected chi connectivity index (χ2v) is 11.5. The highest BCUT2D eigenvalue weighted by Crippen LogP contribution is 2.36. The third kappa shape index (κ3) is 6.30. The molecule has 3 aromatic rings. The van der Waals surface area contributed by atoms with E-state index in [9.17, 15) is 18.8 Å². The van der Waals surface area contributed by atoms with E-state index in [1.54, 1.807) is 17.7 Å². The van der Waals surface area contributed by atoms with E-state index in [4.69, 9.17) is 21.1 Å². The van der Waals surface area contributed by atoms with Crippen molar-refractivity contribution >= 4 is 45.9 Å². The summed E-state index contributed by atoms with van der Waals surface area (Å²) >= 11 is 6.37. The van der Waals surface area contributed by atoms with E-state index in [-0.39, 0.29) is 39.1 Å². The van der Waals surface area contributed by atoms with E-state index >= 15 is 8.78 Å². The number of halogens is 4. The summed E-state index contributed by atoms with van der Waals surface area (Å²) in [5, 5.41) is 2.54. The average molecular weight is 620 g/mol. The van der Waals surface area contributed by atoms with Crippen LogP contribution in [0.5, 0.6) is 0 Å². The summed E-state index contributed by atoms with van der Waals surface area (Å²) in [7, 11) is 2.99. The minimum atomic E-state index is -2.77. The van der Waals surface area contributed by atoms with Gasteiger partial charge >= 0.3 is 11.9 Å². The van der Waals surface area contributed by atoms with Gasteiger partial charge in [0.15, 0.2) is 0 Å². The molecule has 1 aromatic heterocycles. The summed E-state index contributed by atoms with van der Waals surface area (Å²) in [6.45, 7) is 0.616. The first kappa shape index (κ1) is 31.0. The second-order valence-electron chi connectivity index (χ2n) is 11.1. The summed E-state index contributed by atoms with van der Waals surface area (Å²) in [5.74, 6) is -6.52. The Morgan fingerprint density at radius 2 is 1.77 bits per heavy atom. The zero-order valence-electron chi connectivity index (χ0n) is 23.9. The molecule has 2 aliphatic rings. The molecule has 230 valence electrons. The Hall–Kier alpha value is -3.41. The lowest BCUT2D eigenvalue weighted by molar-refractivity contribution is -0.252. The summed E-state index contributed by atoms with van der Waals surface area (Å²) in [6.07, 6.45) is 3.25. The van der Waals surface area contributed by atoms with Gasteiger partial charge in [-0.1, -0.05) is 17.7 Å². The van der Waals surface area contributed by atoms with Crippen molar-refractivity contribution in [3.8, 4) is 0 Å². The molecule has 12 heteroatoms. The number of esters is 1. The lowest BCUT2D eigenvalue weighted by Gasteiger charge is -2.37. The van der Waals surface area contributed by atoms with Gasteiger partial charge < -0.3 is 19.4 Å². The number of nitrogens with one attached hydrogen (secondary N) is 1. The SMILES string of the molecule is COC(=O)C1CCC(OC(F)(C(=O)Cc2cc(Cl)c(NC(=O)c3cn(C)c4cccc(F)c34)cc2F)N2CCCC2)CC1. The fraction of sp³-hybridized carbons (Fsp3) is 0.452. The number of carbonyl (C=O) groups is 3. The Bertz CT molecular complexity index is 1550. The van der Waals surface area contributed by atoms with Crippen LogP contribution in [0, 0.1) is 17.6 Å². The van der Waals surface area contributed by atoms with Crippen LogP contribution in [-0.4, -0.2) is 59.4 Å². The molecule has 5 rings (SSSR count). The fourth-order valence-electron chi connectivity index (χ4n) is 5.99. The molecule has 2 heterocycles. The highest BCUT2D eigenvalue weighted by atomic mass is 35.5. The van der Waals surface area contributed by atoms with Crippen LogP contribution in [0.1, 0.15) is 54.4 Å². The Morgan fingerprint density at radius 3 is 2.44 bits per heavy atom. The molecule has 1 atom stereocenters. The first-order chi connectivity index (χ1) is 20.5. The van der Waals surface area contributed by atoms with Gasteiger partial charge in [-0.2, -0.15) is 4.39 Å². The molecule has 2 aromatic carbocycles. The number of hydrogen-bond acceptors (Lipinski definition) is 6. The number of fused-ring (bicyclic) bond motifs is 1.